The van der Waals surface area contributed by atoms with Crippen LogP contribution in [0.3, 0.4) is 0 Å². The molecule has 11 heteroatoms. The molecule has 2 rings (SSSR count). The largest absolute Gasteiger partial charge is 0.352 e. The molecule has 2 amide bonds. The second-order valence-corrected chi connectivity index (χ2v) is 12.3. The minimum absolute atomic E-state index is 0.00150. The summed E-state index contributed by atoms with van der Waals surface area (Å²) in [6, 6.07) is 9.34. The zero-order chi connectivity index (χ0) is 28.1. The van der Waals surface area contributed by atoms with Gasteiger partial charge in [0.05, 0.1) is 5.69 Å². The van der Waals surface area contributed by atoms with Gasteiger partial charge in [-0.15, -0.1) is 0 Å². The van der Waals surface area contributed by atoms with Crippen LogP contribution in [0.1, 0.15) is 43.9 Å². The molecule has 0 saturated heterocycles. The molecule has 1 unspecified atom stereocenters. The highest BCUT2D eigenvalue weighted by molar-refractivity contribution is 7.90. The van der Waals surface area contributed by atoms with Gasteiger partial charge < -0.3 is 10.2 Å². The number of nitrogens with one attached hydrogen (secondary N) is 1. The maximum Gasteiger partial charge on any atom is 0.304 e. The van der Waals surface area contributed by atoms with Gasteiger partial charge in [0.2, 0.25) is 11.8 Å². The van der Waals surface area contributed by atoms with Crippen LogP contribution in [0.4, 0.5) is 5.69 Å². The average molecular weight is 572 g/mol. The fourth-order valence-corrected chi connectivity index (χ4v) is 5.40. The molecular weight excluding hydrogens is 535 g/mol. The number of hydrogen-bond acceptors (Lipinski definition) is 4. The van der Waals surface area contributed by atoms with Crippen LogP contribution in [-0.4, -0.2) is 62.2 Å². The number of hydrogen-bond donors (Lipinski definition) is 1. The van der Waals surface area contributed by atoms with Gasteiger partial charge in [-0.25, -0.2) is 4.31 Å². The van der Waals surface area contributed by atoms with E-state index < -0.39 is 28.7 Å². The van der Waals surface area contributed by atoms with Crippen molar-refractivity contribution in [2.45, 2.75) is 59.7 Å². The van der Waals surface area contributed by atoms with Crippen LogP contribution in [0.25, 0.3) is 0 Å². The number of aryl methyl sites for hydroxylation is 2. The number of nitrogens with zero attached hydrogens (tertiary/aromatic N) is 3. The third-order valence-corrected chi connectivity index (χ3v) is 8.22. The van der Waals surface area contributed by atoms with Crippen LogP contribution in [-0.2, 0) is 26.3 Å². The molecule has 1 N–H and O–H groups in total. The average Bonchev–Trinajstić information content (AvgIpc) is 2.79. The molecule has 8 nitrogen and oxygen atoms in total. The van der Waals surface area contributed by atoms with Crippen molar-refractivity contribution in [1.29, 1.82) is 0 Å². The van der Waals surface area contributed by atoms with E-state index in [1.54, 1.807) is 38.1 Å². The minimum Gasteiger partial charge on any atom is -0.352 e. The van der Waals surface area contributed by atoms with E-state index in [4.69, 9.17) is 23.2 Å². The molecule has 204 valence electrons. The molecule has 0 spiro atoms. The number of carbonyl (C=O) groups is 2. The van der Waals surface area contributed by atoms with E-state index in [1.807, 2.05) is 32.9 Å². The first kappa shape index (κ1) is 30.9. The predicted octanol–water partition coefficient (Wildman–Crippen LogP) is 4.56. The van der Waals surface area contributed by atoms with Gasteiger partial charge in [-0.3, -0.25) is 9.59 Å². The Labute approximate surface area is 230 Å². The van der Waals surface area contributed by atoms with Gasteiger partial charge in [0.25, 0.3) is 0 Å². The summed E-state index contributed by atoms with van der Waals surface area (Å²) in [6.07, 6.45) is 0.319. The number of rotatable bonds is 11. The Hall–Kier alpha value is -2.33. The fraction of sp³-hybridized carbons (Fsp3) is 0.462. The molecule has 2 aromatic rings. The van der Waals surface area contributed by atoms with Gasteiger partial charge in [-0.05, 0) is 69.0 Å². The topological polar surface area (TPSA) is 90.0 Å². The Morgan fingerprint density at radius 1 is 1.03 bits per heavy atom. The Kier molecular flexibility index (Phi) is 10.8. The van der Waals surface area contributed by atoms with Crippen molar-refractivity contribution in [3.8, 4) is 0 Å². The number of anilines is 1. The molecule has 0 aromatic heterocycles. The van der Waals surface area contributed by atoms with Crippen LogP contribution < -0.4 is 9.62 Å². The number of carbonyl (C=O) groups excluding carboxylic acids is 2. The van der Waals surface area contributed by atoms with Gasteiger partial charge in [0.15, 0.2) is 0 Å². The number of benzene rings is 2. The molecular formula is C26H36Cl2N4O4S. The molecule has 0 aliphatic rings. The molecule has 0 fully saturated rings. The summed E-state index contributed by atoms with van der Waals surface area (Å²) >= 11 is 12.5. The summed E-state index contributed by atoms with van der Waals surface area (Å²) < 4.78 is 28.9. The zero-order valence-corrected chi connectivity index (χ0v) is 24.7. The van der Waals surface area contributed by atoms with E-state index in [-0.39, 0.29) is 18.5 Å². The van der Waals surface area contributed by atoms with Crippen LogP contribution >= 0.6 is 23.2 Å². The van der Waals surface area contributed by atoms with E-state index in [0.717, 1.165) is 14.2 Å². The second-order valence-electron chi connectivity index (χ2n) is 9.43. The monoisotopic (exact) mass is 570 g/mol. The quantitative estimate of drug-likeness (QED) is 0.429. The van der Waals surface area contributed by atoms with Crippen LogP contribution in [0.2, 0.25) is 10.0 Å². The van der Waals surface area contributed by atoms with Gasteiger partial charge in [-0.2, -0.15) is 12.7 Å². The molecule has 0 radical (unpaired) electrons. The summed E-state index contributed by atoms with van der Waals surface area (Å²) in [6.45, 7) is 8.60. The van der Waals surface area contributed by atoms with Crippen molar-refractivity contribution in [2.75, 3.05) is 24.9 Å². The van der Waals surface area contributed by atoms with E-state index in [0.29, 0.717) is 33.3 Å². The highest BCUT2D eigenvalue weighted by Crippen LogP contribution is 2.27. The van der Waals surface area contributed by atoms with Crippen molar-refractivity contribution in [2.24, 2.45) is 0 Å². The van der Waals surface area contributed by atoms with Crippen LogP contribution in [0.5, 0.6) is 0 Å². The lowest BCUT2D eigenvalue weighted by Gasteiger charge is -2.34. The predicted molar refractivity (Wildman–Crippen MR) is 150 cm³/mol. The first-order valence-corrected chi connectivity index (χ1v) is 14.2. The van der Waals surface area contributed by atoms with Gasteiger partial charge in [0.1, 0.15) is 12.6 Å². The van der Waals surface area contributed by atoms with Crippen molar-refractivity contribution < 1.29 is 18.0 Å². The van der Waals surface area contributed by atoms with Crippen LogP contribution in [0, 0.1) is 13.8 Å². The third kappa shape index (κ3) is 7.83. The lowest BCUT2D eigenvalue weighted by atomic mass is 10.1. The van der Waals surface area contributed by atoms with Gasteiger partial charge >= 0.3 is 10.2 Å². The van der Waals surface area contributed by atoms with E-state index in [9.17, 15) is 18.0 Å². The summed E-state index contributed by atoms with van der Waals surface area (Å²) in [5.41, 5.74) is 2.52. The first-order valence-electron chi connectivity index (χ1n) is 12.0. The summed E-state index contributed by atoms with van der Waals surface area (Å²) in [5.74, 6) is -0.868. The smallest absolute Gasteiger partial charge is 0.304 e. The van der Waals surface area contributed by atoms with Crippen molar-refractivity contribution in [3.05, 3.63) is 63.1 Å². The summed E-state index contributed by atoms with van der Waals surface area (Å²) in [4.78, 5) is 28.4. The van der Waals surface area contributed by atoms with E-state index in [1.165, 1.54) is 19.0 Å². The van der Waals surface area contributed by atoms with Gasteiger partial charge in [-0.1, -0.05) is 48.3 Å². The van der Waals surface area contributed by atoms with Crippen molar-refractivity contribution >= 4 is 50.9 Å². The minimum atomic E-state index is -4.04. The Balaban J connectivity index is 2.59. The van der Waals surface area contributed by atoms with Crippen LogP contribution in [0.15, 0.2) is 36.4 Å². The van der Waals surface area contributed by atoms with E-state index in [2.05, 4.69) is 5.32 Å². The highest BCUT2D eigenvalue weighted by atomic mass is 35.5. The molecule has 0 bridgehead atoms. The molecule has 1 atom stereocenters. The van der Waals surface area contributed by atoms with Crippen molar-refractivity contribution in [3.63, 3.8) is 0 Å². The molecule has 37 heavy (non-hydrogen) atoms. The standard InChI is InChI=1S/C26H36Cl2N4O4S/c1-8-23(26(34)29-17(2)3)31(15-20-11-12-21(27)14-22(20)28)25(33)16-32(37(35,36)30(6)7)24-13-18(4)9-10-19(24)5/h9-14,17,23H,8,15-16H2,1-7H3,(H,29,34). The molecule has 2 aromatic carbocycles. The lowest BCUT2D eigenvalue weighted by Crippen LogP contribution is -2.54. The third-order valence-electron chi connectivity index (χ3n) is 5.82. The fourth-order valence-electron chi connectivity index (χ4n) is 3.82. The Bertz CT molecular complexity index is 1240. The molecule has 0 heterocycles. The Morgan fingerprint density at radius 2 is 1.68 bits per heavy atom. The zero-order valence-electron chi connectivity index (χ0n) is 22.4. The normalized spacial score (nSPS) is 12.5. The number of halogens is 2. The second kappa shape index (κ2) is 13.0. The van der Waals surface area contributed by atoms with E-state index >= 15 is 0 Å². The maximum absolute atomic E-state index is 13.9. The SMILES string of the molecule is CCC(C(=O)NC(C)C)N(Cc1ccc(Cl)cc1Cl)C(=O)CN(c1cc(C)ccc1C)S(=O)(=O)N(C)C. The lowest BCUT2D eigenvalue weighted by molar-refractivity contribution is -0.140. The van der Waals surface area contributed by atoms with Crippen molar-refractivity contribution in [1.82, 2.24) is 14.5 Å². The van der Waals surface area contributed by atoms with Gasteiger partial charge in [0, 0.05) is 36.7 Å². The molecule has 0 aliphatic heterocycles. The molecule has 0 saturated carbocycles. The summed E-state index contributed by atoms with van der Waals surface area (Å²) in [5, 5.41) is 3.65. The number of amides is 2. The summed E-state index contributed by atoms with van der Waals surface area (Å²) in [7, 11) is -1.22. The highest BCUT2D eigenvalue weighted by Gasteiger charge is 2.34. The Morgan fingerprint density at radius 3 is 2.22 bits per heavy atom. The molecule has 0 aliphatic carbocycles. The first-order chi connectivity index (χ1) is 17.2. The maximum atomic E-state index is 13.9.